The first kappa shape index (κ1) is 24.2. The van der Waals surface area contributed by atoms with Gasteiger partial charge in [0.1, 0.15) is 5.78 Å². The van der Waals surface area contributed by atoms with Gasteiger partial charge in [-0.1, -0.05) is 39.3 Å². The van der Waals surface area contributed by atoms with Crippen molar-refractivity contribution < 1.29 is 14.7 Å². The van der Waals surface area contributed by atoms with Crippen molar-refractivity contribution in [3.8, 4) is 25.7 Å². The van der Waals surface area contributed by atoms with Crippen molar-refractivity contribution >= 4 is 11.6 Å². The zero-order chi connectivity index (χ0) is 22.9. The summed E-state index contributed by atoms with van der Waals surface area (Å²) in [5, 5.41) is 11.3. The van der Waals surface area contributed by atoms with E-state index in [1.54, 1.807) is 12.2 Å². The second-order valence-corrected chi connectivity index (χ2v) is 9.86. The maximum absolute atomic E-state index is 12.9. The molecule has 162 valence electrons. The molecule has 0 amide bonds. The Hall–Kier alpha value is -2.10. The van der Waals surface area contributed by atoms with Gasteiger partial charge >= 0.3 is 0 Å². The first-order valence-electron chi connectivity index (χ1n) is 11.0. The van der Waals surface area contributed by atoms with E-state index in [9.17, 15) is 14.7 Å². The number of rotatable bonds is 2. The van der Waals surface area contributed by atoms with Gasteiger partial charge in [-0.15, -0.1) is 25.7 Å². The Morgan fingerprint density at radius 1 is 1.17 bits per heavy atom. The van der Waals surface area contributed by atoms with Crippen LogP contribution in [-0.4, -0.2) is 22.8 Å². The minimum absolute atomic E-state index is 0.0769. The molecule has 7 atom stereocenters. The van der Waals surface area contributed by atoms with Crippen LogP contribution in [0.15, 0.2) is 23.8 Å². The first-order chi connectivity index (χ1) is 14.2. The molecule has 4 aliphatic rings. The molecule has 3 heteroatoms. The molecule has 0 spiro atoms. The second kappa shape index (κ2) is 8.56. The van der Waals surface area contributed by atoms with Crippen LogP contribution in [0, 0.1) is 59.7 Å². The van der Waals surface area contributed by atoms with Gasteiger partial charge < -0.3 is 5.11 Å². The van der Waals surface area contributed by atoms with Crippen LogP contribution >= 0.6 is 0 Å². The van der Waals surface area contributed by atoms with E-state index in [0.29, 0.717) is 30.5 Å². The van der Waals surface area contributed by atoms with Crippen LogP contribution in [0.3, 0.4) is 0 Å². The molecule has 1 N–H and O–H groups in total. The van der Waals surface area contributed by atoms with Crippen molar-refractivity contribution in [1.29, 1.82) is 0 Å². The summed E-state index contributed by atoms with van der Waals surface area (Å²) in [7, 11) is 0. The lowest BCUT2D eigenvalue weighted by molar-refractivity contribution is -0.153. The van der Waals surface area contributed by atoms with Crippen molar-refractivity contribution in [2.75, 3.05) is 0 Å². The molecule has 0 bridgehead atoms. The summed E-state index contributed by atoms with van der Waals surface area (Å²) in [6.07, 6.45) is 26.4. The van der Waals surface area contributed by atoms with E-state index in [-0.39, 0.29) is 27.9 Å². The molecule has 3 fully saturated rings. The summed E-state index contributed by atoms with van der Waals surface area (Å²) in [5.41, 5.74) is 0.547. The second-order valence-electron chi connectivity index (χ2n) is 9.86. The molecule has 4 aliphatic carbocycles. The molecular formula is C27H36O3. The van der Waals surface area contributed by atoms with Gasteiger partial charge in [0.05, 0.1) is 6.10 Å². The summed E-state index contributed by atoms with van der Waals surface area (Å²) in [6.45, 7) is 8.59. The van der Waals surface area contributed by atoms with Crippen LogP contribution in [0.1, 0.15) is 66.2 Å². The quantitative estimate of drug-likeness (QED) is 0.671. The predicted molar refractivity (Wildman–Crippen MR) is 121 cm³/mol. The fourth-order valence-corrected chi connectivity index (χ4v) is 7.42. The van der Waals surface area contributed by atoms with Crippen LogP contribution in [0.25, 0.3) is 0 Å². The van der Waals surface area contributed by atoms with Gasteiger partial charge in [-0.25, -0.2) is 0 Å². The molecule has 0 aromatic heterocycles. The summed E-state index contributed by atoms with van der Waals surface area (Å²) in [6, 6.07) is 0. The molecule has 0 heterocycles. The zero-order valence-electron chi connectivity index (χ0n) is 18.9. The monoisotopic (exact) mass is 408 g/mol. The van der Waals surface area contributed by atoms with Crippen LogP contribution in [0.4, 0.5) is 0 Å². The SMILES string of the molecule is C#C.C#C.CCC(=O)[C@@]1(C)CCC2[C@@H]3CCC4=CC(=O)C=C[C@]4(C)C3[C@@H](O)C[C@@]21C. The Kier molecular flexibility index (Phi) is 6.90. The van der Waals surface area contributed by atoms with Gasteiger partial charge in [-0.05, 0) is 61.5 Å². The Labute approximate surface area is 182 Å². The third-order valence-corrected chi connectivity index (χ3v) is 9.04. The van der Waals surface area contributed by atoms with Crippen molar-refractivity contribution in [2.45, 2.75) is 72.3 Å². The lowest BCUT2D eigenvalue weighted by Crippen LogP contribution is -2.58. The normalized spacial score (nSPS) is 43.4. The number of hydrogen-bond acceptors (Lipinski definition) is 3. The van der Waals surface area contributed by atoms with Crippen molar-refractivity contribution in [3.63, 3.8) is 0 Å². The molecule has 0 radical (unpaired) electrons. The molecule has 2 unspecified atom stereocenters. The molecule has 0 aromatic rings. The Morgan fingerprint density at radius 3 is 2.40 bits per heavy atom. The van der Waals surface area contributed by atoms with Crippen LogP contribution in [0.5, 0.6) is 0 Å². The molecule has 0 aromatic carbocycles. The summed E-state index contributed by atoms with van der Waals surface area (Å²) >= 11 is 0. The van der Waals surface area contributed by atoms with Gasteiger partial charge in [0.15, 0.2) is 5.78 Å². The number of fused-ring (bicyclic) bond motifs is 5. The third kappa shape index (κ3) is 3.19. The summed E-state index contributed by atoms with van der Waals surface area (Å²) in [5.74, 6) is 1.51. The van der Waals surface area contributed by atoms with Crippen molar-refractivity contribution in [1.82, 2.24) is 0 Å². The van der Waals surface area contributed by atoms with Gasteiger partial charge in [-0.3, -0.25) is 9.59 Å². The average Bonchev–Trinajstić information content (AvgIpc) is 3.02. The van der Waals surface area contributed by atoms with Crippen molar-refractivity contribution in [3.05, 3.63) is 23.8 Å². The van der Waals surface area contributed by atoms with E-state index in [2.05, 4.69) is 52.5 Å². The molecule has 3 nitrogen and oxygen atoms in total. The molecule has 0 saturated heterocycles. The highest BCUT2D eigenvalue weighted by Gasteiger charge is 2.66. The highest BCUT2D eigenvalue weighted by molar-refractivity contribution is 6.01. The van der Waals surface area contributed by atoms with Gasteiger partial charge in [0, 0.05) is 23.2 Å². The predicted octanol–water partition coefficient (Wildman–Crippen LogP) is 4.75. The highest BCUT2D eigenvalue weighted by atomic mass is 16.3. The van der Waals surface area contributed by atoms with E-state index in [0.717, 1.165) is 25.7 Å². The lowest BCUT2D eigenvalue weighted by Gasteiger charge is -2.60. The van der Waals surface area contributed by atoms with Crippen LogP contribution in [0.2, 0.25) is 0 Å². The Morgan fingerprint density at radius 2 is 1.80 bits per heavy atom. The van der Waals surface area contributed by atoms with Crippen molar-refractivity contribution in [2.24, 2.45) is 34.0 Å². The smallest absolute Gasteiger partial charge is 0.178 e. The fraction of sp³-hybridized carbons (Fsp3) is 0.630. The largest absolute Gasteiger partial charge is 0.393 e. The van der Waals surface area contributed by atoms with E-state index >= 15 is 0 Å². The fourth-order valence-electron chi connectivity index (χ4n) is 7.42. The van der Waals surface area contributed by atoms with E-state index in [1.807, 2.05) is 6.92 Å². The number of aliphatic hydroxyl groups excluding tert-OH is 1. The number of carbonyl (C=O) groups excluding carboxylic acids is 2. The number of Topliss-reactive ketones (excluding diaryl/α,β-unsaturated/α-hetero) is 1. The number of terminal acetylenes is 2. The first-order valence-corrected chi connectivity index (χ1v) is 11.0. The van der Waals surface area contributed by atoms with Crippen LogP contribution < -0.4 is 0 Å². The number of carbonyl (C=O) groups is 2. The molecular weight excluding hydrogens is 372 g/mol. The van der Waals surface area contributed by atoms with Gasteiger partial charge in [-0.2, -0.15) is 0 Å². The molecule has 3 saturated carbocycles. The van der Waals surface area contributed by atoms with Gasteiger partial charge in [0.2, 0.25) is 0 Å². The topological polar surface area (TPSA) is 54.4 Å². The number of ketones is 2. The van der Waals surface area contributed by atoms with Gasteiger partial charge in [0.25, 0.3) is 0 Å². The van der Waals surface area contributed by atoms with E-state index in [1.165, 1.54) is 5.57 Å². The lowest BCUT2D eigenvalue weighted by atomic mass is 9.45. The van der Waals surface area contributed by atoms with E-state index in [4.69, 9.17) is 0 Å². The maximum atomic E-state index is 12.9. The van der Waals surface area contributed by atoms with Crippen LogP contribution in [-0.2, 0) is 9.59 Å². The Bertz CT molecular complexity index is 793. The number of aliphatic hydroxyl groups is 1. The average molecular weight is 409 g/mol. The molecule has 0 aliphatic heterocycles. The minimum Gasteiger partial charge on any atom is -0.393 e. The standard InChI is InChI=1S/C23H32O3.2C2H2/c1-5-19(26)22(3)11-9-17-16-7-6-14-12-15(24)8-10-21(14,2)20(16)18(25)13-23(17,22)4;2*1-2/h8,10,12,16-18,20,25H,5-7,9,11,13H2,1-4H3;2*1-2H/t16-,17?,18-,20?,21-,22+,23-;;/m0../s1. The zero-order valence-corrected chi connectivity index (χ0v) is 18.9. The summed E-state index contributed by atoms with van der Waals surface area (Å²) in [4.78, 5) is 24.7. The maximum Gasteiger partial charge on any atom is 0.178 e. The Balaban J connectivity index is 0.000000757. The molecule has 30 heavy (non-hydrogen) atoms. The summed E-state index contributed by atoms with van der Waals surface area (Å²) < 4.78 is 0. The highest BCUT2D eigenvalue weighted by Crippen LogP contribution is 2.69. The van der Waals surface area contributed by atoms with E-state index < -0.39 is 6.10 Å². The third-order valence-electron chi connectivity index (χ3n) is 9.04. The number of allylic oxidation sites excluding steroid dienone is 4. The number of hydrogen-bond donors (Lipinski definition) is 1. The molecule has 4 rings (SSSR count). The minimum atomic E-state index is -0.421.